The van der Waals surface area contributed by atoms with Crippen LogP contribution in [-0.4, -0.2) is 39.4 Å². The summed E-state index contributed by atoms with van der Waals surface area (Å²) < 4.78 is 11.2. The van der Waals surface area contributed by atoms with Crippen molar-refractivity contribution in [3.05, 3.63) is 29.3 Å². The molecule has 0 saturated heterocycles. The number of aliphatic imine (C=N–C) groups is 1. The largest absolute Gasteiger partial charge is 0.491 e. The Balaban J connectivity index is 0.00000338. The number of benzene rings is 1. The maximum Gasteiger partial charge on any atom is 0.191 e. The van der Waals surface area contributed by atoms with Gasteiger partial charge in [0.05, 0.1) is 6.10 Å². The highest BCUT2D eigenvalue weighted by Gasteiger charge is 2.41. The van der Waals surface area contributed by atoms with Gasteiger partial charge in [0.25, 0.3) is 0 Å². The van der Waals surface area contributed by atoms with Crippen molar-refractivity contribution in [2.75, 3.05) is 27.3 Å². The normalized spacial score (nSPS) is 15.4. The van der Waals surface area contributed by atoms with Gasteiger partial charge < -0.3 is 20.1 Å². The van der Waals surface area contributed by atoms with Crippen molar-refractivity contribution in [2.24, 2.45) is 10.4 Å². The first-order valence-corrected chi connectivity index (χ1v) is 9.18. The number of ether oxygens (including phenoxy) is 2. The van der Waals surface area contributed by atoms with E-state index in [1.165, 1.54) is 18.4 Å². The minimum Gasteiger partial charge on any atom is -0.491 e. The summed E-state index contributed by atoms with van der Waals surface area (Å²) in [6.45, 7) is 8.64. The van der Waals surface area contributed by atoms with Crippen LogP contribution in [0.1, 0.15) is 44.2 Å². The van der Waals surface area contributed by atoms with Crippen LogP contribution in [0.3, 0.4) is 0 Å². The van der Waals surface area contributed by atoms with Crippen molar-refractivity contribution >= 4 is 29.9 Å². The van der Waals surface area contributed by atoms with Crippen LogP contribution >= 0.6 is 24.0 Å². The minimum atomic E-state index is 0. The molecule has 0 bridgehead atoms. The second-order valence-corrected chi connectivity index (χ2v) is 7.30. The molecule has 0 radical (unpaired) electrons. The Kier molecular flexibility index (Phi) is 9.71. The molecule has 0 spiro atoms. The number of hydrogen-bond acceptors (Lipinski definition) is 3. The molecular formula is C20H34IN3O2. The third-order valence-electron chi connectivity index (χ3n) is 4.68. The van der Waals surface area contributed by atoms with Gasteiger partial charge in [-0.15, -0.1) is 24.0 Å². The average Bonchev–Trinajstić information content (AvgIpc) is 3.34. The lowest BCUT2D eigenvalue weighted by molar-refractivity contribution is 0.172. The zero-order chi connectivity index (χ0) is 18.3. The van der Waals surface area contributed by atoms with E-state index in [9.17, 15) is 0 Å². The summed E-state index contributed by atoms with van der Waals surface area (Å²) in [6, 6.07) is 6.33. The van der Waals surface area contributed by atoms with Crippen molar-refractivity contribution in [2.45, 2.75) is 52.7 Å². The second-order valence-electron chi connectivity index (χ2n) is 7.30. The van der Waals surface area contributed by atoms with Crippen LogP contribution in [0.25, 0.3) is 0 Å². The maximum atomic E-state index is 5.95. The lowest BCUT2D eigenvalue weighted by Gasteiger charge is -2.19. The molecule has 148 valence electrons. The number of nitrogens with one attached hydrogen (secondary N) is 2. The van der Waals surface area contributed by atoms with Gasteiger partial charge in [-0.1, -0.05) is 12.1 Å². The Bertz CT molecular complexity index is 586. The van der Waals surface area contributed by atoms with Gasteiger partial charge in [-0.25, -0.2) is 0 Å². The van der Waals surface area contributed by atoms with Crippen LogP contribution in [0.4, 0.5) is 0 Å². The predicted octanol–water partition coefficient (Wildman–Crippen LogP) is 3.88. The van der Waals surface area contributed by atoms with Crippen molar-refractivity contribution in [1.29, 1.82) is 0 Å². The van der Waals surface area contributed by atoms with Gasteiger partial charge in [-0.05, 0) is 57.1 Å². The Hall–Kier alpha value is -1.02. The van der Waals surface area contributed by atoms with Crippen LogP contribution in [0.5, 0.6) is 5.75 Å². The number of aryl methyl sites for hydroxylation is 1. The topological polar surface area (TPSA) is 54.9 Å². The summed E-state index contributed by atoms with van der Waals surface area (Å²) in [7, 11) is 3.58. The molecule has 5 nitrogen and oxygen atoms in total. The molecule has 1 aliphatic carbocycles. The smallest absolute Gasteiger partial charge is 0.191 e. The van der Waals surface area contributed by atoms with Gasteiger partial charge in [0.2, 0.25) is 0 Å². The first-order chi connectivity index (χ1) is 12.0. The Morgan fingerprint density at radius 3 is 2.58 bits per heavy atom. The predicted molar refractivity (Wildman–Crippen MR) is 119 cm³/mol. The summed E-state index contributed by atoms with van der Waals surface area (Å²) in [4.78, 5) is 4.34. The molecule has 0 amide bonds. The summed E-state index contributed by atoms with van der Waals surface area (Å²) in [5, 5.41) is 6.87. The highest BCUT2D eigenvalue weighted by molar-refractivity contribution is 14.0. The van der Waals surface area contributed by atoms with Crippen molar-refractivity contribution in [3.8, 4) is 5.75 Å². The van der Waals surface area contributed by atoms with Gasteiger partial charge in [-0.3, -0.25) is 4.99 Å². The molecule has 0 aromatic heterocycles. The zero-order valence-corrected chi connectivity index (χ0v) is 19.1. The molecule has 1 aromatic rings. The number of hydrogen-bond donors (Lipinski definition) is 2. The fraction of sp³-hybridized carbons (Fsp3) is 0.650. The van der Waals surface area contributed by atoms with E-state index in [-0.39, 0.29) is 30.1 Å². The molecule has 1 aliphatic rings. The highest BCUT2D eigenvalue weighted by atomic mass is 127. The molecule has 2 N–H and O–H groups in total. The maximum absolute atomic E-state index is 5.95. The number of guanidine groups is 1. The number of methoxy groups -OCH3 is 1. The van der Waals surface area contributed by atoms with Crippen LogP contribution in [0.15, 0.2) is 23.2 Å². The third kappa shape index (κ3) is 7.31. The van der Waals surface area contributed by atoms with E-state index < -0.39 is 0 Å². The Morgan fingerprint density at radius 1 is 1.27 bits per heavy atom. The minimum absolute atomic E-state index is 0. The molecule has 1 fully saturated rings. The van der Waals surface area contributed by atoms with E-state index in [0.717, 1.165) is 36.8 Å². The molecule has 0 atom stereocenters. The second kappa shape index (κ2) is 11.0. The molecule has 1 saturated carbocycles. The van der Waals surface area contributed by atoms with E-state index in [1.807, 2.05) is 7.05 Å². The first-order valence-electron chi connectivity index (χ1n) is 9.18. The van der Waals surface area contributed by atoms with Crippen molar-refractivity contribution in [3.63, 3.8) is 0 Å². The van der Waals surface area contributed by atoms with Crippen LogP contribution in [0.2, 0.25) is 0 Å². The monoisotopic (exact) mass is 475 g/mol. The van der Waals surface area contributed by atoms with Gasteiger partial charge in [0, 0.05) is 39.4 Å². The molecule has 2 rings (SSSR count). The molecule has 1 aromatic carbocycles. The summed E-state index contributed by atoms with van der Waals surface area (Å²) >= 11 is 0. The molecule has 26 heavy (non-hydrogen) atoms. The van der Waals surface area contributed by atoms with E-state index in [2.05, 4.69) is 54.6 Å². The summed E-state index contributed by atoms with van der Waals surface area (Å²) in [5.41, 5.74) is 2.74. The van der Waals surface area contributed by atoms with E-state index >= 15 is 0 Å². The summed E-state index contributed by atoms with van der Waals surface area (Å²) in [6.07, 6.45) is 3.81. The third-order valence-corrected chi connectivity index (χ3v) is 4.68. The summed E-state index contributed by atoms with van der Waals surface area (Å²) in [5.74, 6) is 1.77. The van der Waals surface area contributed by atoms with E-state index in [4.69, 9.17) is 9.47 Å². The van der Waals surface area contributed by atoms with Crippen molar-refractivity contribution < 1.29 is 9.47 Å². The molecule has 0 unspecified atom stereocenters. The number of halogens is 1. The highest BCUT2D eigenvalue weighted by Crippen LogP contribution is 2.48. The van der Waals surface area contributed by atoms with E-state index in [1.54, 1.807) is 7.11 Å². The fourth-order valence-corrected chi connectivity index (χ4v) is 2.85. The Morgan fingerprint density at radius 2 is 2.00 bits per heavy atom. The van der Waals surface area contributed by atoms with Crippen LogP contribution < -0.4 is 15.4 Å². The standard InChI is InChI=1S/C20H33N3O2.HI/c1-15(2)25-18-12-16(3)6-7-17(18)13-22-19(21-4)23-14-20(8-9-20)10-11-24-5;/h6-7,12,15H,8-11,13-14H2,1-5H3,(H2,21,22,23);1H. The zero-order valence-electron chi connectivity index (χ0n) is 16.7. The van der Waals surface area contributed by atoms with Crippen LogP contribution in [0, 0.1) is 12.3 Å². The van der Waals surface area contributed by atoms with Gasteiger partial charge >= 0.3 is 0 Å². The SMILES string of the molecule is CN=C(NCc1ccc(C)cc1OC(C)C)NCC1(CCOC)CC1.I. The van der Waals surface area contributed by atoms with E-state index in [0.29, 0.717) is 12.0 Å². The quantitative estimate of drug-likeness (QED) is 0.324. The average molecular weight is 475 g/mol. The Labute approximate surface area is 175 Å². The molecule has 0 heterocycles. The lowest BCUT2D eigenvalue weighted by atomic mass is 10.0. The van der Waals surface area contributed by atoms with Gasteiger partial charge in [0.15, 0.2) is 5.96 Å². The van der Waals surface area contributed by atoms with Gasteiger partial charge in [-0.2, -0.15) is 0 Å². The lowest BCUT2D eigenvalue weighted by Crippen LogP contribution is -2.40. The molecular weight excluding hydrogens is 441 g/mol. The molecule has 6 heteroatoms. The fourth-order valence-electron chi connectivity index (χ4n) is 2.85. The van der Waals surface area contributed by atoms with Gasteiger partial charge in [0.1, 0.15) is 5.75 Å². The number of rotatable bonds is 9. The van der Waals surface area contributed by atoms with Crippen LogP contribution in [-0.2, 0) is 11.3 Å². The first kappa shape index (κ1) is 23.0. The number of nitrogens with zero attached hydrogens (tertiary/aromatic N) is 1. The van der Waals surface area contributed by atoms with Crippen molar-refractivity contribution in [1.82, 2.24) is 10.6 Å². The molecule has 0 aliphatic heterocycles.